The van der Waals surface area contributed by atoms with Crippen LogP contribution in [0.3, 0.4) is 0 Å². The molecule has 2 rings (SSSR count). The molecule has 1 aliphatic carbocycles. The van der Waals surface area contributed by atoms with E-state index in [1.807, 2.05) is 24.3 Å². The minimum Gasteiger partial charge on any atom is -0.481 e. The maximum absolute atomic E-state index is 10.5. The predicted octanol–water partition coefficient (Wildman–Crippen LogP) is 2.69. The number of aliphatic hydroxyl groups is 3. The third-order valence-corrected chi connectivity index (χ3v) is 5.12. The first kappa shape index (κ1) is 21.4. The molecule has 0 aliphatic heterocycles. The highest BCUT2D eigenvalue weighted by molar-refractivity contribution is 5.66. The molecule has 1 aliphatic rings. The summed E-state index contributed by atoms with van der Waals surface area (Å²) in [6.07, 6.45) is 12.5. The van der Waals surface area contributed by atoms with E-state index in [1.54, 1.807) is 18.6 Å². The Kier molecular flexibility index (Phi) is 8.78. The Hall–Kier alpha value is -1.89. The topological polar surface area (TPSA) is 111 Å². The molecule has 0 spiro atoms. The van der Waals surface area contributed by atoms with Gasteiger partial charge in [0.1, 0.15) is 0 Å². The fourth-order valence-corrected chi connectivity index (χ4v) is 3.55. The van der Waals surface area contributed by atoms with Gasteiger partial charge in [-0.15, -0.1) is 0 Å². The van der Waals surface area contributed by atoms with Gasteiger partial charge in [-0.2, -0.15) is 0 Å². The quantitative estimate of drug-likeness (QED) is 0.348. The first-order valence-corrected chi connectivity index (χ1v) is 9.57. The molecule has 1 aromatic rings. The molecule has 1 saturated carbocycles. The van der Waals surface area contributed by atoms with Crippen LogP contribution in [0.2, 0.25) is 0 Å². The standard InChI is InChI=1S/C21H30O6/c22-16(8-7-15-11-12-27-14-15)9-10-18-17(19(23)13-20(18)24)5-3-1-2-4-6-21(25)26/h1,3,9-12,14,16-20,22-24H,2,4-8,13H2,(H,25,26)/b3-1-,10-9+/t16-,17+,18+,19-,20+/m0/s1. The smallest absolute Gasteiger partial charge is 0.303 e. The summed E-state index contributed by atoms with van der Waals surface area (Å²) >= 11 is 0. The zero-order chi connectivity index (χ0) is 19.6. The molecule has 0 unspecified atom stereocenters. The lowest BCUT2D eigenvalue weighted by Crippen LogP contribution is -2.20. The average Bonchev–Trinajstić information content (AvgIpc) is 3.22. The van der Waals surface area contributed by atoms with E-state index in [9.17, 15) is 20.1 Å². The number of furan rings is 1. The SMILES string of the molecule is O=C(O)CCC/C=C\C[C@@H]1[C@@H](/C=C/[C@@H](O)CCc2ccoc2)[C@H](O)C[C@@H]1O. The van der Waals surface area contributed by atoms with Crippen LogP contribution in [-0.2, 0) is 11.2 Å². The van der Waals surface area contributed by atoms with Crippen molar-refractivity contribution in [1.29, 1.82) is 0 Å². The number of aliphatic hydroxyl groups excluding tert-OH is 3. The minimum absolute atomic E-state index is 0.104. The van der Waals surface area contributed by atoms with Gasteiger partial charge in [-0.25, -0.2) is 0 Å². The third-order valence-electron chi connectivity index (χ3n) is 5.12. The van der Waals surface area contributed by atoms with E-state index in [1.165, 1.54) is 0 Å². The molecule has 0 saturated heterocycles. The van der Waals surface area contributed by atoms with Gasteiger partial charge in [-0.3, -0.25) is 4.79 Å². The van der Waals surface area contributed by atoms with Gasteiger partial charge in [0.2, 0.25) is 0 Å². The summed E-state index contributed by atoms with van der Waals surface area (Å²) in [6, 6.07) is 1.87. The molecule has 150 valence electrons. The highest BCUT2D eigenvalue weighted by Gasteiger charge is 2.39. The molecule has 5 atom stereocenters. The zero-order valence-corrected chi connectivity index (χ0v) is 15.5. The first-order valence-electron chi connectivity index (χ1n) is 9.57. The molecule has 0 radical (unpaired) electrons. The summed E-state index contributed by atoms with van der Waals surface area (Å²) in [5.41, 5.74) is 1.03. The molecule has 6 heteroatoms. The van der Waals surface area contributed by atoms with Gasteiger partial charge in [0.05, 0.1) is 30.8 Å². The van der Waals surface area contributed by atoms with E-state index in [2.05, 4.69) is 0 Å². The van der Waals surface area contributed by atoms with Gasteiger partial charge in [-0.1, -0.05) is 24.3 Å². The van der Waals surface area contributed by atoms with E-state index in [-0.39, 0.29) is 18.3 Å². The monoisotopic (exact) mass is 378 g/mol. The van der Waals surface area contributed by atoms with Gasteiger partial charge in [0.25, 0.3) is 0 Å². The maximum Gasteiger partial charge on any atom is 0.303 e. The number of carbonyl (C=O) groups is 1. The number of aliphatic carboxylic acids is 1. The summed E-state index contributed by atoms with van der Waals surface area (Å²) in [5.74, 6) is -1.10. The van der Waals surface area contributed by atoms with Crippen molar-refractivity contribution in [1.82, 2.24) is 0 Å². The number of aryl methyl sites for hydroxylation is 1. The van der Waals surface area contributed by atoms with E-state index in [4.69, 9.17) is 9.52 Å². The van der Waals surface area contributed by atoms with E-state index in [0.717, 1.165) is 5.56 Å². The van der Waals surface area contributed by atoms with Crippen molar-refractivity contribution in [3.05, 3.63) is 48.5 Å². The molecular formula is C21H30O6. The van der Waals surface area contributed by atoms with E-state index < -0.39 is 24.3 Å². The van der Waals surface area contributed by atoms with Gasteiger partial charge in [0, 0.05) is 18.8 Å². The van der Waals surface area contributed by atoms with Crippen molar-refractivity contribution < 1.29 is 29.6 Å². The fourth-order valence-electron chi connectivity index (χ4n) is 3.55. The molecule has 4 N–H and O–H groups in total. The fraction of sp³-hybridized carbons (Fsp3) is 0.571. The van der Waals surface area contributed by atoms with Crippen LogP contribution in [0.5, 0.6) is 0 Å². The number of hydrogen-bond acceptors (Lipinski definition) is 5. The van der Waals surface area contributed by atoms with Crippen molar-refractivity contribution >= 4 is 5.97 Å². The zero-order valence-electron chi connectivity index (χ0n) is 15.5. The number of unbranched alkanes of at least 4 members (excludes halogenated alkanes) is 1. The van der Waals surface area contributed by atoms with Gasteiger partial charge in [-0.05, 0) is 49.7 Å². The second-order valence-corrected chi connectivity index (χ2v) is 7.23. The number of carboxylic acids is 1. The molecule has 0 bridgehead atoms. The van der Waals surface area contributed by atoms with Crippen molar-refractivity contribution in [2.45, 2.75) is 63.3 Å². The molecule has 6 nitrogen and oxygen atoms in total. The minimum atomic E-state index is -0.797. The van der Waals surface area contributed by atoms with Crippen LogP contribution in [0.15, 0.2) is 47.3 Å². The van der Waals surface area contributed by atoms with Crippen LogP contribution < -0.4 is 0 Å². The largest absolute Gasteiger partial charge is 0.481 e. The van der Waals surface area contributed by atoms with Crippen molar-refractivity contribution in [2.75, 3.05) is 0 Å². The Labute approximate surface area is 159 Å². The van der Waals surface area contributed by atoms with Crippen LogP contribution in [0.25, 0.3) is 0 Å². The molecule has 1 heterocycles. The van der Waals surface area contributed by atoms with Crippen LogP contribution in [0.4, 0.5) is 0 Å². The molecular weight excluding hydrogens is 348 g/mol. The molecule has 0 aromatic carbocycles. The Morgan fingerprint density at radius 1 is 1.30 bits per heavy atom. The summed E-state index contributed by atoms with van der Waals surface area (Å²) < 4.78 is 5.01. The van der Waals surface area contributed by atoms with Crippen LogP contribution in [0, 0.1) is 11.8 Å². The number of carboxylic acid groups (broad SMARTS) is 1. The molecule has 1 aromatic heterocycles. The number of rotatable bonds is 11. The Morgan fingerprint density at radius 3 is 2.81 bits per heavy atom. The molecule has 0 amide bonds. The summed E-state index contributed by atoms with van der Waals surface area (Å²) in [6.45, 7) is 0. The highest BCUT2D eigenvalue weighted by atomic mass is 16.4. The van der Waals surface area contributed by atoms with Gasteiger partial charge >= 0.3 is 5.97 Å². The molecule has 27 heavy (non-hydrogen) atoms. The normalized spacial score (nSPS) is 26.9. The summed E-state index contributed by atoms with van der Waals surface area (Å²) in [4.78, 5) is 10.5. The van der Waals surface area contributed by atoms with Crippen LogP contribution in [0.1, 0.15) is 44.1 Å². The summed E-state index contributed by atoms with van der Waals surface area (Å²) in [5, 5.41) is 39.2. The lowest BCUT2D eigenvalue weighted by atomic mass is 9.89. The third kappa shape index (κ3) is 7.33. The van der Waals surface area contributed by atoms with Crippen LogP contribution in [-0.4, -0.2) is 44.7 Å². The molecule has 1 fully saturated rings. The maximum atomic E-state index is 10.5. The van der Waals surface area contributed by atoms with E-state index >= 15 is 0 Å². The second-order valence-electron chi connectivity index (χ2n) is 7.23. The van der Waals surface area contributed by atoms with Crippen molar-refractivity contribution in [2.24, 2.45) is 11.8 Å². The Balaban J connectivity index is 1.81. The van der Waals surface area contributed by atoms with Crippen molar-refractivity contribution in [3.8, 4) is 0 Å². The van der Waals surface area contributed by atoms with Crippen LogP contribution >= 0.6 is 0 Å². The van der Waals surface area contributed by atoms with Crippen molar-refractivity contribution in [3.63, 3.8) is 0 Å². The van der Waals surface area contributed by atoms with Gasteiger partial charge in [0.15, 0.2) is 0 Å². The lowest BCUT2D eigenvalue weighted by molar-refractivity contribution is -0.137. The lowest BCUT2D eigenvalue weighted by Gasteiger charge is -2.19. The second kappa shape index (κ2) is 11.1. The Bertz CT molecular complexity index is 606. The number of hydrogen-bond donors (Lipinski definition) is 4. The number of allylic oxidation sites excluding steroid dienone is 2. The Morgan fingerprint density at radius 2 is 2.11 bits per heavy atom. The summed E-state index contributed by atoms with van der Waals surface area (Å²) in [7, 11) is 0. The highest BCUT2D eigenvalue weighted by Crippen LogP contribution is 2.36. The first-order chi connectivity index (χ1) is 13.0. The average molecular weight is 378 g/mol. The van der Waals surface area contributed by atoms with Gasteiger partial charge < -0.3 is 24.8 Å². The van der Waals surface area contributed by atoms with E-state index in [0.29, 0.717) is 38.5 Å². The predicted molar refractivity (Wildman–Crippen MR) is 101 cm³/mol.